The van der Waals surface area contributed by atoms with Gasteiger partial charge in [0.05, 0.1) is 21.8 Å². The van der Waals surface area contributed by atoms with Crippen LogP contribution in [-0.2, 0) is 5.67 Å². The lowest BCUT2D eigenvalue weighted by atomic mass is 9.93. The number of hydrogen-bond acceptors (Lipinski definition) is 4. The first-order chi connectivity index (χ1) is 20.6. The molecule has 0 heterocycles. The van der Waals surface area contributed by atoms with Gasteiger partial charge in [-0.25, -0.2) is 8.78 Å². The number of ether oxygens (including phenoxy) is 2. The Balaban J connectivity index is 2.00. The quantitative estimate of drug-likeness (QED) is 0.233. The molecule has 45 heavy (non-hydrogen) atoms. The summed E-state index contributed by atoms with van der Waals surface area (Å²) in [7, 11) is 0. The number of halogens is 14. The number of alkyl halides is 12. The van der Waals surface area contributed by atoms with Gasteiger partial charge < -0.3 is 20.1 Å². The molecule has 0 radical (unpaired) electrons. The predicted octanol–water partition coefficient (Wildman–Crippen LogP) is 8.77. The highest BCUT2D eigenvalue weighted by atomic mass is 35.5. The van der Waals surface area contributed by atoms with Crippen LogP contribution in [0.4, 0.5) is 68.5 Å². The van der Waals surface area contributed by atoms with Crippen LogP contribution in [0, 0.1) is 5.82 Å². The number of anilines is 2. The summed E-state index contributed by atoms with van der Waals surface area (Å²) in [5.74, 6) is -7.34. The summed E-state index contributed by atoms with van der Waals surface area (Å²) in [6.07, 6.45) is -18.6. The summed E-state index contributed by atoms with van der Waals surface area (Å²) in [6, 6.07) is 5.49. The number of amides is 2. The molecule has 3 rings (SSSR count). The molecule has 0 fully saturated rings. The van der Waals surface area contributed by atoms with E-state index in [-0.39, 0.29) is 6.07 Å². The van der Waals surface area contributed by atoms with Crippen molar-refractivity contribution in [3.05, 3.63) is 82.1 Å². The first-order valence-corrected chi connectivity index (χ1v) is 11.8. The highest BCUT2D eigenvalue weighted by molar-refractivity contribution is 6.34. The van der Waals surface area contributed by atoms with Crippen molar-refractivity contribution < 1.29 is 76.1 Å². The molecule has 6 nitrogen and oxygen atoms in total. The van der Waals surface area contributed by atoms with Crippen LogP contribution in [0.1, 0.15) is 26.3 Å². The van der Waals surface area contributed by atoms with Crippen LogP contribution in [0.15, 0.2) is 54.6 Å². The van der Waals surface area contributed by atoms with Gasteiger partial charge in [-0.2, -0.15) is 35.1 Å². The fraction of sp³-hybridized carbons (Fsp3) is 0.200. The van der Waals surface area contributed by atoms with Gasteiger partial charge in [0, 0.05) is 5.56 Å². The van der Waals surface area contributed by atoms with E-state index in [2.05, 4.69) is 9.47 Å². The largest absolute Gasteiger partial charge is 0.573 e. The zero-order valence-corrected chi connectivity index (χ0v) is 22.0. The lowest BCUT2D eigenvalue weighted by Gasteiger charge is -2.31. The van der Waals surface area contributed by atoms with Crippen LogP contribution in [0.5, 0.6) is 11.5 Å². The van der Waals surface area contributed by atoms with Crippen molar-refractivity contribution in [3.63, 3.8) is 0 Å². The Morgan fingerprint density at radius 3 is 1.84 bits per heavy atom. The Kier molecular flexibility index (Phi) is 9.76. The second kappa shape index (κ2) is 12.5. The monoisotopic (exact) mass is 686 g/mol. The van der Waals surface area contributed by atoms with E-state index in [1.165, 1.54) is 0 Å². The van der Waals surface area contributed by atoms with Crippen LogP contribution in [0.25, 0.3) is 0 Å². The van der Waals surface area contributed by atoms with Crippen molar-refractivity contribution in [2.75, 3.05) is 10.6 Å². The normalized spacial score (nSPS) is 12.6. The molecule has 0 aromatic heterocycles. The van der Waals surface area contributed by atoms with Crippen LogP contribution in [0.2, 0.25) is 5.02 Å². The summed E-state index contributed by atoms with van der Waals surface area (Å²) in [5.41, 5.74) is -12.4. The van der Waals surface area contributed by atoms with Crippen LogP contribution < -0.4 is 20.1 Å². The van der Waals surface area contributed by atoms with Gasteiger partial charge >= 0.3 is 31.0 Å². The van der Waals surface area contributed by atoms with E-state index >= 15 is 4.39 Å². The summed E-state index contributed by atoms with van der Waals surface area (Å²) >= 11 is 5.64. The summed E-state index contributed by atoms with van der Waals surface area (Å²) in [6.45, 7) is -3.97. The molecule has 2 N–H and O–H groups in total. The van der Waals surface area contributed by atoms with Gasteiger partial charge in [-0.15, -0.1) is 13.2 Å². The van der Waals surface area contributed by atoms with Crippen LogP contribution >= 0.6 is 11.6 Å². The molecule has 3 aromatic carbocycles. The average molecular weight is 687 g/mol. The third-order valence-electron chi connectivity index (χ3n) is 5.54. The van der Waals surface area contributed by atoms with Gasteiger partial charge in [0.1, 0.15) is 11.4 Å². The van der Waals surface area contributed by atoms with E-state index < -0.39 is 99.3 Å². The third kappa shape index (κ3) is 7.63. The minimum Gasteiger partial charge on any atom is -0.433 e. The van der Waals surface area contributed by atoms with E-state index in [9.17, 15) is 62.3 Å². The molecule has 0 saturated heterocycles. The Morgan fingerprint density at radius 2 is 1.29 bits per heavy atom. The highest BCUT2D eigenvalue weighted by Crippen LogP contribution is 2.55. The number of carbonyl (C=O) groups is 2. The lowest BCUT2D eigenvalue weighted by Crippen LogP contribution is -2.50. The molecule has 0 saturated carbocycles. The zero-order chi connectivity index (χ0) is 34.1. The van der Waals surface area contributed by atoms with E-state index in [0.717, 1.165) is 36.4 Å². The molecule has 244 valence electrons. The van der Waals surface area contributed by atoms with E-state index in [1.807, 2.05) is 5.32 Å². The van der Waals surface area contributed by atoms with Gasteiger partial charge in [-0.1, -0.05) is 29.8 Å². The molecule has 0 aliphatic rings. The number of rotatable bonds is 8. The van der Waals surface area contributed by atoms with Gasteiger partial charge in [0.15, 0.2) is 11.6 Å². The Labute approximate surface area is 246 Å². The Bertz CT molecular complexity index is 1580. The number of para-hydroxylation sites is 1. The third-order valence-corrected chi connectivity index (χ3v) is 5.83. The maximum atomic E-state index is 15.2. The van der Waals surface area contributed by atoms with E-state index in [0.29, 0.717) is 6.07 Å². The van der Waals surface area contributed by atoms with Crippen molar-refractivity contribution in [2.24, 2.45) is 0 Å². The van der Waals surface area contributed by atoms with E-state index in [1.54, 1.807) is 5.32 Å². The summed E-state index contributed by atoms with van der Waals surface area (Å²) in [4.78, 5) is 25.4. The van der Waals surface area contributed by atoms with Crippen molar-refractivity contribution in [1.82, 2.24) is 0 Å². The zero-order valence-electron chi connectivity index (χ0n) is 21.2. The predicted molar refractivity (Wildman–Crippen MR) is 128 cm³/mol. The van der Waals surface area contributed by atoms with Crippen molar-refractivity contribution in [1.29, 1.82) is 0 Å². The molecule has 20 heteroatoms. The lowest BCUT2D eigenvalue weighted by molar-refractivity contribution is -0.348. The standard InChI is InChI=1S/C25H12ClF13N2O4/c26-13-8-10(22(30,23(31,32)33)24(34,35)36)9-16(44-21(28)29)18(13)41-20(43)12-5-3-6-14(17(12)27)40-19(42)11-4-1-2-7-15(11)45-25(37,38)39/h1-9,21H,(H,40,42)(H,41,43). The minimum absolute atomic E-state index is 0.288. The minimum atomic E-state index is -6.69. The Hall–Kier alpha value is -4.42. The molecule has 0 unspecified atom stereocenters. The van der Waals surface area contributed by atoms with Crippen molar-refractivity contribution in [2.45, 2.75) is 31.0 Å². The molecular formula is C25H12ClF13N2O4. The Morgan fingerprint density at radius 1 is 0.733 bits per heavy atom. The fourth-order valence-corrected chi connectivity index (χ4v) is 3.88. The van der Waals surface area contributed by atoms with E-state index in [4.69, 9.17) is 11.6 Å². The number of benzene rings is 3. The number of carbonyl (C=O) groups excluding carboxylic acids is 2. The maximum Gasteiger partial charge on any atom is 0.573 e. The van der Waals surface area contributed by atoms with Crippen molar-refractivity contribution in [3.8, 4) is 11.5 Å². The molecule has 0 atom stereocenters. The molecule has 2 amide bonds. The van der Waals surface area contributed by atoms with Crippen LogP contribution in [0.3, 0.4) is 0 Å². The molecule has 0 aliphatic carbocycles. The topological polar surface area (TPSA) is 76.7 Å². The van der Waals surface area contributed by atoms with Gasteiger partial charge in [-0.05, 0) is 36.4 Å². The highest BCUT2D eigenvalue weighted by Gasteiger charge is 2.73. The first kappa shape index (κ1) is 35.1. The maximum absolute atomic E-state index is 15.2. The van der Waals surface area contributed by atoms with Crippen molar-refractivity contribution >= 4 is 34.8 Å². The fourth-order valence-electron chi connectivity index (χ4n) is 3.62. The second-order valence-electron chi connectivity index (χ2n) is 8.48. The summed E-state index contributed by atoms with van der Waals surface area (Å²) < 4.78 is 180. The molecule has 0 spiro atoms. The SMILES string of the molecule is O=C(Nc1cccc(C(=O)Nc2c(Cl)cc(C(F)(C(F)(F)F)C(F)(F)F)cc2OC(F)F)c1F)c1ccccc1OC(F)(F)F. The molecular weight excluding hydrogens is 675 g/mol. The average Bonchev–Trinajstić information content (AvgIpc) is 2.88. The number of nitrogens with one attached hydrogen (secondary N) is 2. The molecule has 0 aliphatic heterocycles. The smallest absolute Gasteiger partial charge is 0.433 e. The van der Waals surface area contributed by atoms with Crippen LogP contribution in [-0.4, -0.2) is 37.1 Å². The number of hydrogen-bond donors (Lipinski definition) is 2. The van der Waals surface area contributed by atoms with Gasteiger partial charge in [-0.3, -0.25) is 9.59 Å². The second-order valence-corrected chi connectivity index (χ2v) is 8.89. The molecule has 0 bridgehead atoms. The summed E-state index contributed by atoms with van der Waals surface area (Å²) in [5, 5.41) is 2.11. The van der Waals surface area contributed by atoms with Gasteiger partial charge in [0.25, 0.3) is 11.8 Å². The first-order valence-electron chi connectivity index (χ1n) is 11.4. The molecule has 3 aromatic rings. The van der Waals surface area contributed by atoms with Gasteiger partial charge in [0.2, 0.25) is 0 Å².